The van der Waals surface area contributed by atoms with E-state index >= 15 is 0 Å². The summed E-state index contributed by atoms with van der Waals surface area (Å²) < 4.78 is 18.5. The third-order valence-electron chi connectivity index (χ3n) is 2.53. The van der Waals surface area contributed by atoms with Gasteiger partial charge in [0, 0.05) is 11.3 Å². The molecule has 0 amide bonds. The number of aryl methyl sites for hydroxylation is 1. The molecule has 94 valence electrons. The number of rotatable bonds is 3. The lowest BCUT2D eigenvalue weighted by Gasteiger charge is -2.07. The summed E-state index contributed by atoms with van der Waals surface area (Å²) in [5.74, 6) is 0.338. The molecule has 0 radical (unpaired) electrons. The second-order valence-electron chi connectivity index (χ2n) is 3.86. The molecule has 0 saturated carbocycles. The van der Waals surface area contributed by atoms with E-state index in [1.165, 1.54) is 13.2 Å². The Morgan fingerprint density at radius 2 is 2.06 bits per heavy atom. The third kappa shape index (κ3) is 2.46. The van der Waals surface area contributed by atoms with Crippen molar-refractivity contribution < 1.29 is 9.13 Å². The summed E-state index contributed by atoms with van der Waals surface area (Å²) in [6.45, 7) is 2.11. The average molecular weight is 247 g/mol. The molecule has 0 aliphatic rings. The van der Waals surface area contributed by atoms with Crippen LogP contribution < -0.4 is 10.5 Å². The Balaban J connectivity index is 2.48. The SMILES string of the molecule is COc1ccc(-c2cc(C)nc(CN)n2)cc1F. The van der Waals surface area contributed by atoms with Crippen molar-refractivity contribution in [2.24, 2.45) is 5.73 Å². The van der Waals surface area contributed by atoms with Gasteiger partial charge in [0.2, 0.25) is 0 Å². The van der Waals surface area contributed by atoms with E-state index in [1.54, 1.807) is 18.2 Å². The van der Waals surface area contributed by atoms with Gasteiger partial charge >= 0.3 is 0 Å². The molecular weight excluding hydrogens is 233 g/mol. The first-order chi connectivity index (χ1) is 8.63. The molecule has 2 rings (SSSR count). The highest BCUT2D eigenvalue weighted by atomic mass is 19.1. The quantitative estimate of drug-likeness (QED) is 0.901. The van der Waals surface area contributed by atoms with Gasteiger partial charge in [0.1, 0.15) is 5.82 Å². The molecule has 4 nitrogen and oxygen atoms in total. The zero-order valence-electron chi connectivity index (χ0n) is 10.3. The summed E-state index contributed by atoms with van der Waals surface area (Å²) >= 11 is 0. The number of halogens is 1. The van der Waals surface area contributed by atoms with Gasteiger partial charge in [-0.2, -0.15) is 0 Å². The minimum Gasteiger partial charge on any atom is -0.494 e. The maximum Gasteiger partial charge on any atom is 0.165 e. The topological polar surface area (TPSA) is 61.0 Å². The molecule has 1 heterocycles. The van der Waals surface area contributed by atoms with Crippen LogP contribution in [-0.2, 0) is 6.54 Å². The van der Waals surface area contributed by atoms with Crippen molar-refractivity contribution in [1.82, 2.24) is 9.97 Å². The standard InChI is InChI=1S/C13H14FN3O/c1-8-5-11(17-13(7-15)16-8)9-3-4-12(18-2)10(14)6-9/h3-6H,7,15H2,1-2H3. The predicted octanol–water partition coefficient (Wildman–Crippen LogP) is 2.06. The predicted molar refractivity (Wildman–Crippen MR) is 66.6 cm³/mol. The molecule has 0 fully saturated rings. The minimum atomic E-state index is -0.416. The van der Waals surface area contributed by atoms with Gasteiger partial charge in [-0.1, -0.05) is 0 Å². The second kappa shape index (κ2) is 5.10. The van der Waals surface area contributed by atoms with Gasteiger partial charge in [0.25, 0.3) is 0 Å². The average Bonchev–Trinajstić information content (AvgIpc) is 2.37. The van der Waals surface area contributed by atoms with E-state index in [0.29, 0.717) is 17.1 Å². The fraction of sp³-hybridized carbons (Fsp3) is 0.231. The molecule has 0 bridgehead atoms. The van der Waals surface area contributed by atoms with Gasteiger partial charge < -0.3 is 10.5 Å². The number of nitrogens with zero attached hydrogens (tertiary/aromatic N) is 2. The molecule has 0 spiro atoms. The zero-order chi connectivity index (χ0) is 13.1. The Morgan fingerprint density at radius 1 is 1.28 bits per heavy atom. The lowest BCUT2D eigenvalue weighted by atomic mass is 10.1. The number of ether oxygens (including phenoxy) is 1. The molecule has 5 heteroatoms. The number of methoxy groups -OCH3 is 1. The van der Waals surface area contributed by atoms with Crippen LogP contribution in [0.2, 0.25) is 0 Å². The molecule has 2 N–H and O–H groups in total. The van der Waals surface area contributed by atoms with Gasteiger partial charge in [-0.05, 0) is 31.2 Å². The first-order valence-electron chi connectivity index (χ1n) is 5.52. The van der Waals surface area contributed by atoms with Crippen LogP contribution in [-0.4, -0.2) is 17.1 Å². The van der Waals surface area contributed by atoms with E-state index in [2.05, 4.69) is 9.97 Å². The van der Waals surface area contributed by atoms with Crippen molar-refractivity contribution >= 4 is 0 Å². The van der Waals surface area contributed by atoms with Crippen LogP contribution in [0.25, 0.3) is 11.3 Å². The normalized spacial score (nSPS) is 10.4. The van der Waals surface area contributed by atoms with E-state index in [1.807, 2.05) is 6.92 Å². The van der Waals surface area contributed by atoms with Crippen LogP contribution in [0.5, 0.6) is 5.75 Å². The summed E-state index contributed by atoms with van der Waals surface area (Å²) in [6.07, 6.45) is 0. The monoisotopic (exact) mass is 247 g/mol. The molecule has 2 aromatic rings. The molecule has 0 atom stereocenters. The fourth-order valence-electron chi connectivity index (χ4n) is 1.69. The molecule has 1 aromatic carbocycles. The van der Waals surface area contributed by atoms with Gasteiger partial charge in [-0.15, -0.1) is 0 Å². The lowest BCUT2D eigenvalue weighted by Crippen LogP contribution is -2.05. The van der Waals surface area contributed by atoms with Crippen LogP contribution >= 0.6 is 0 Å². The number of hydrogen-bond donors (Lipinski definition) is 1. The van der Waals surface area contributed by atoms with Gasteiger partial charge in [0.05, 0.1) is 19.3 Å². The van der Waals surface area contributed by atoms with Crippen LogP contribution in [0, 0.1) is 12.7 Å². The van der Waals surface area contributed by atoms with E-state index in [-0.39, 0.29) is 12.3 Å². The zero-order valence-corrected chi connectivity index (χ0v) is 10.3. The number of hydrogen-bond acceptors (Lipinski definition) is 4. The number of benzene rings is 1. The van der Waals surface area contributed by atoms with Gasteiger partial charge in [-0.3, -0.25) is 0 Å². The summed E-state index contributed by atoms with van der Waals surface area (Å²) in [5, 5.41) is 0. The number of nitrogens with two attached hydrogens (primary N) is 1. The van der Waals surface area contributed by atoms with E-state index in [9.17, 15) is 4.39 Å². The van der Waals surface area contributed by atoms with Crippen molar-refractivity contribution in [2.75, 3.05) is 7.11 Å². The van der Waals surface area contributed by atoms with Crippen LogP contribution in [0.4, 0.5) is 4.39 Å². The maximum atomic E-state index is 13.6. The molecule has 0 unspecified atom stereocenters. The maximum absolute atomic E-state index is 13.6. The van der Waals surface area contributed by atoms with Crippen molar-refractivity contribution in [2.45, 2.75) is 13.5 Å². The van der Waals surface area contributed by atoms with Crippen molar-refractivity contribution in [1.29, 1.82) is 0 Å². The molecule has 0 aliphatic carbocycles. The van der Waals surface area contributed by atoms with E-state index in [0.717, 1.165) is 5.69 Å². The first-order valence-corrected chi connectivity index (χ1v) is 5.52. The molecule has 1 aromatic heterocycles. The molecule has 0 saturated heterocycles. The van der Waals surface area contributed by atoms with Gasteiger partial charge in [0.15, 0.2) is 11.6 Å². The van der Waals surface area contributed by atoms with E-state index < -0.39 is 5.82 Å². The highest BCUT2D eigenvalue weighted by Crippen LogP contribution is 2.24. The first kappa shape index (κ1) is 12.4. The minimum absolute atomic E-state index is 0.212. The summed E-state index contributed by atoms with van der Waals surface area (Å²) in [4.78, 5) is 8.45. The highest BCUT2D eigenvalue weighted by molar-refractivity contribution is 5.60. The van der Waals surface area contributed by atoms with Crippen LogP contribution in [0.15, 0.2) is 24.3 Å². The van der Waals surface area contributed by atoms with Gasteiger partial charge in [-0.25, -0.2) is 14.4 Å². The lowest BCUT2D eigenvalue weighted by molar-refractivity contribution is 0.386. The Bertz CT molecular complexity index is 572. The fourth-order valence-corrected chi connectivity index (χ4v) is 1.69. The Hall–Kier alpha value is -2.01. The smallest absolute Gasteiger partial charge is 0.165 e. The molecule has 0 aliphatic heterocycles. The van der Waals surface area contributed by atoms with Crippen molar-refractivity contribution in [3.8, 4) is 17.0 Å². The summed E-state index contributed by atoms with van der Waals surface area (Å²) in [7, 11) is 1.43. The third-order valence-corrected chi connectivity index (χ3v) is 2.53. The second-order valence-corrected chi connectivity index (χ2v) is 3.86. The largest absolute Gasteiger partial charge is 0.494 e. The number of aromatic nitrogens is 2. The van der Waals surface area contributed by atoms with Crippen LogP contribution in [0.1, 0.15) is 11.5 Å². The van der Waals surface area contributed by atoms with E-state index in [4.69, 9.17) is 10.5 Å². The van der Waals surface area contributed by atoms with Crippen LogP contribution in [0.3, 0.4) is 0 Å². The Labute approximate surface area is 105 Å². The van der Waals surface area contributed by atoms with Crippen molar-refractivity contribution in [3.63, 3.8) is 0 Å². The molecular formula is C13H14FN3O. The van der Waals surface area contributed by atoms with Crippen molar-refractivity contribution in [3.05, 3.63) is 41.6 Å². The summed E-state index contributed by atoms with van der Waals surface area (Å²) in [6, 6.07) is 6.51. The Kier molecular flexibility index (Phi) is 3.53. The Morgan fingerprint density at radius 3 is 2.67 bits per heavy atom. The highest BCUT2D eigenvalue weighted by Gasteiger charge is 2.08. The summed E-state index contributed by atoms with van der Waals surface area (Å²) in [5.41, 5.74) is 7.66. The molecule has 18 heavy (non-hydrogen) atoms.